The maximum absolute atomic E-state index is 7.28. The van der Waals surface area contributed by atoms with Crippen LogP contribution in [0, 0.1) is 5.41 Å². The van der Waals surface area contributed by atoms with Gasteiger partial charge >= 0.3 is 0 Å². The SMILES string of the molecule is CCCCCCCCCCCCCCCC(N)C(N)C(=N)N. The highest BCUT2D eigenvalue weighted by Gasteiger charge is 2.14. The van der Waals surface area contributed by atoms with Crippen molar-refractivity contribution in [2.45, 2.75) is 109 Å². The molecule has 0 aliphatic heterocycles. The average molecular weight is 313 g/mol. The van der Waals surface area contributed by atoms with Crippen LogP contribution in [0.2, 0.25) is 0 Å². The minimum atomic E-state index is -0.475. The molecule has 7 N–H and O–H groups in total. The molecule has 0 bridgehead atoms. The molecular formula is C18H40N4. The van der Waals surface area contributed by atoms with E-state index in [1.165, 1.54) is 77.0 Å². The van der Waals surface area contributed by atoms with Gasteiger partial charge in [0.1, 0.15) is 5.84 Å². The van der Waals surface area contributed by atoms with Gasteiger partial charge in [-0.2, -0.15) is 0 Å². The van der Waals surface area contributed by atoms with E-state index >= 15 is 0 Å². The van der Waals surface area contributed by atoms with Crippen molar-refractivity contribution in [1.82, 2.24) is 0 Å². The van der Waals surface area contributed by atoms with E-state index in [-0.39, 0.29) is 11.9 Å². The van der Waals surface area contributed by atoms with Gasteiger partial charge in [-0.05, 0) is 6.42 Å². The van der Waals surface area contributed by atoms with Crippen molar-refractivity contribution in [1.29, 1.82) is 5.41 Å². The smallest absolute Gasteiger partial charge is 0.109 e. The van der Waals surface area contributed by atoms with Crippen molar-refractivity contribution in [3.63, 3.8) is 0 Å². The van der Waals surface area contributed by atoms with Crippen LogP contribution in [-0.4, -0.2) is 17.9 Å². The Morgan fingerprint density at radius 3 is 1.45 bits per heavy atom. The number of hydrogen-bond acceptors (Lipinski definition) is 3. The van der Waals surface area contributed by atoms with E-state index in [0.717, 1.165) is 12.8 Å². The third kappa shape index (κ3) is 13.1. The van der Waals surface area contributed by atoms with Crippen molar-refractivity contribution >= 4 is 5.84 Å². The molecule has 0 saturated heterocycles. The normalized spacial score (nSPS) is 14.0. The second-order valence-electron chi connectivity index (χ2n) is 6.68. The number of amidine groups is 1. The highest BCUT2D eigenvalue weighted by Crippen LogP contribution is 2.13. The van der Waals surface area contributed by atoms with Crippen LogP contribution in [0.1, 0.15) is 96.8 Å². The zero-order valence-electron chi connectivity index (χ0n) is 14.8. The molecule has 22 heavy (non-hydrogen) atoms. The first kappa shape index (κ1) is 21.4. The standard InChI is InChI=1S/C18H40N4/c1-2-3-4-5-6-7-8-9-10-11-12-13-14-15-16(19)17(20)18(21)22/h16-17H,2-15,19-20H2,1H3,(H3,21,22). The van der Waals surface area contributed by atoms with Crippen molar-refractivity contribution < 1.29 is 0 Å². The fraction of sp³-hybridized carbons (Fsp3) is 0.944. The van der Waals surface area contributed by atoms with Crippen LogP contribution >= 0.6 is 0 Å². The predicted octanol–water partition coefficient (Wildman–Crippen LogP) is 4.06. The van der Waals surface area contributed by atoms with Crippen LogP contribution in [0.4, 0.5) is 0 Å². The molecule has 2 atom stereocenters. The van der Waals surface area contributed by atoms with Gasteiger partial charge < -0.3 is 17.2 Å². The van der Waals surface area contributed by atoms with Gasteiger partial charge in [-0.25, -0.2) is 0 Å². The Morgan fingerprint density at radius 2 is 1.09 bits per heavy atom. The number of nitrogens with two attached hydrogens (primary N) is 3. The molecule has 4 nitrogen and oxygen atoms in total. The second kappa shape index (κ2) is 15.3. The number of hydrogen-bond donors (Lipinski definition) is 4. The van der Waals surface area contributed by atoms with E-state index in [2.05, 4.69) is 6.92 Å². The summed E-state index contributed by atoms with van der Waals surface area (Å²) in [7, 11) is 0. The number of rotatable bonds is 16. The Hall–Kier alpha value is -0.610. The highest BCUT2D eigenvalue weighted by molar-refractivity contribution is 5.83. The quantitative estimate of drug-likeness (QED) is 0.196. The summed E-state index contributed by atoms with van der Waals surface area (Å²) in [6.45, 7) is 2.27. The summed E-state index contributed by atoms with van der Waals surface area (Å²) >= 11 is 0. The molecule has 0 aromatic carbocycles. The number of nitrogens with one attached hydrogen (secondary N) is 1. The molecule has 0 aliphatic rings. The van der Waals surface area contributed by atoms with E-state index in [1.807, 2.05) is 0 Å². The third-order valence-electron chi connectivity index (χ3n) is 4.46. The first-order valence-corrected chi connectivity index (χ1v) is 9.44. The van der Waals surface area contributed by atoms with Gasteiger partial charge in [0.25, 0.3) is 0 Å². The first-order chi connectivity index (χ1) is 10.6. The lowest BCUT2D eigenvalue weighted by Crippen LogP contribution is -2.49. The van der Waals surface area contributed by atoms with E-state index in [9.17, 15) is 0 Å². The van der Waals surface area contributed by atoms with Crippen LogP contribution < -0.4 is 17.2 Å². The molecule has 0 saturated carbocycles. The molecule has 0 aromatic heterocycles. The van der Waals surface area contributed by atoms with E-state index in [1.54, 1.807) is 0 Å². The molecule has 2 unspecified atom stereocenters. The average Bonchev–Trinajstić information content (AvgIpc) is 2.50. The molecule has 0 amide bonds. The summed E-state index contributed by atoms with van der Waals surface area (Å²) < 4.78 is 0. The van der Waals surface area contributed by atoms with Crippen molar-refractivity contribution in [2.24, 2.45) is 17.2 Å². The lowest BCUT2D eigenvalue weighted by molar-refractivity contribution is 0.503. The highest BCUT2D eigenvalue weighted by atomic mass is 14.9. The summed E-state index contributed by atoms with van der Waals surface area (Å²) in [6, 6.07) is -0.637. The van der Waals surface area contributed by atoms with E-state index < -0.39 is 6.04 Å². The lowest BCUT2D eigenvalue weighted by atomic mass is 10.0. The largest absolute Gasteiger partial charge is 0.386 e. The maximum Gasteiger partial charge on any atom is 0.109 e. The molecule has 0 spiro atoms. The predicted molar refractivity (Wildman–Crippen MR) is 98.2 cm³/mol. The first-order valence-electron chi connectivity index (χ1n) is 9.44. The fourth-order valence-corrected chi connectivity index (χ4v) is 2.81. The van der Waals surface area contributed by atoms with Gasteiger partial charge in [0.15, 0.2) is 0 Å². The van der Waals surface area contributed by atoms with Gasteiger partial charge in [0, 0.05) is 6.04 Å². The van der Waals surface area contributed by atoms with Gasteiger partial charge in [-0.15, -0.1) is 0 Å². The Morgan fingerprint density at radius 1 is 0.727 bits per heavy atom. The molecule has 0 heterocycles. The zero-order valence-corrected chi connectivity index (χ0v) is 14.8. The van der Waals surface area contributed by atoms with Crippen LogP contribution in [0.15, 0.2) is 0 Å². The zero-order chi connectivity index (χ0) is 16.6. The molecule has 0 radical (unpaired) electrons. The van der Waals surface area contributed by atoms with Crippen LogP contribution in [0.25, 0.3) is 0 Å². The topological polar surface area (TPSA) is 102 Å². The molecule has 0 fully saturated rings. The Labute approximate surface area is 138 Å². The Bertz CT molecular complexity index is 255. The number of unbranched alkanes of at least 4 members (excludes halogenated alkanes) is 12. The van der Waals surface area contributed by atoms with Crippen molar-refractivity contribution in [2.75, 3.05) is 0 Å². The van der Waals surface area contributed by atoms with Crippen LogP contribution in [0.3, 0.4) is 0 Å². The summed E-state index contributed by atoms with van der Waals surface area (Å²) in [5.74, 6) is 0.00203. The summed E-state index contributed by atoms with van der Waals surface area (Å²) in [6.07, 6.45) is 18.4. The van der Waals surface area contributed by atoms with E-state index in [0.29, 0.717) is 0 Å². The van der Waals surface area contributed by atoms with E-state index in [4.69, 9.17) is 22.6 Å². The Balaban J connectivity index is 3.19. The minimum Gasteiger partial charge on any atom is -0.386 e. The van der Waals surface area contributed by atoms with Gasteiger partial charge in [-0.3, -0.25) is 5.41 Å². The molecule has 0 rings (SSSR count). The monoisotopic (exact) mass is 312 g/mol. The molecule has 4 heteroatoms. The molecule has 0 aliphatic carbocycles. The van der Waals surface area contributed by atoms with Crippen LogP contribution in [-0.2, 0) is 0 Å². The molecule has 132 valence electrons. The Kier molecular flexibility index (Phi) is 14.9. The fourth-order valence-electron chi connectivity index (χ4n) is 2.81. The van der Waals surface area contributed by atoms with Gasteiger partial charge in [0.2, 0.25) is 0 Å². The van der Waals surface area contributed by atoms with Gasteiger partial charge in [0.05, 0.1) is 6.04 Å². The van der Waals surface area contributed by atoms with Crippen molar-refractivity contribution in [3.05, 3.63) is 0 Å². The van der Waals surface area contributed by atoms with Gasteiger partial charge in [-0.1, -0.05) is 90.4 Å². The summed E-state index contributed by atoms with van der Waals surface area (Å²) in [4.78, 5) is 0. The maximum atomic E-state index is 7.28. The minimum absolute atomic E-state index is 0.00203. The lowest BCUT2D eigenvalue weighted by Gasteiger charge is -2.18. The van der Waals surface area contributed by atoms with Crippen molar-refractivity contribution in [3.8, 4) is 0 Å². The third-order valence-corrected chi connectivity index (χ3v) is 4.46. The molecular weight excluding hydrogens is 272 g/mol. The van der Waals surface area contributed by atoms with Crippen LogP contribution in [0.5, 0.6) is 0 Å². The summed E-state index contributed by atoms with van der Waals surface area (Å²) in [5.41, 5.74) is 17.0. The second-order valence-corrected chi connectivity index (χ2v) is 6.68. The molecule has 0 aromatic rings. The summed E-state index contributed by atoms with van der Waals surface area (Å²) in [5, 5.41) is 7.28.